The zero-order chi connectivity index (χ0) is 8.72. The van der Waals surface area contributed by atoms with E-state index < -0.39 is 0 Å². The van der Waals surface area contributed by atoms with Crippen LogP contribution >= 0.6 is 0 Å². The van der Waals surface area contributed by atoms with Crippen LogP contribution in [0.1, 0.15) is 5.69 Å². The molecule has 12 heavy (non-hydrogen) atoms. The largest absolute Gasteiger partial charge is 0.397 e. The number of fused-ring (bicyclic) bond motifs is 1. The van der Waals surface area contributed by atoms with E-state index in [2.05, 4.69) is 22.5 Å². The molecule has 62 valence electrons. The van der Waals surface area contributed by atoms with Gasteiger partial charge in [0.15, 0.2) is 0 Å². The third-order valence-electron chi connectivity index (χ3n) is 2.13. The third-order valence-corrected chi connectivity index (χ3v) is 2.13. The topological polar surface area (TPSA) is 43.8 Å². The molecule has 0 aliphatic rings. The Morgan fingerprint density at radius 2 is 2.17 bits per heavy atom. The molecule has 0 aromatic carbocycles. The Kier molecular flexibility index (Phi) is 1.33. The van der Waals surface area contributed by atoms with Crippen molar-refractivity contribution in [3.8, 4) is 0 Å². The Hall–Kier alpha value is -1.51. The molecule has 0 bridgehead atoms. The molecule has 0 atom stereocenters. The average molecular weight is 161 g/mol. The number of aromatic nitrogens is 2. The molecule has 3 nitrogen and oxygen atoms in total. The summed E-state index contributed by atoms with van der Waals surface area (Å²) in [7, 11) is 2.00. The summed E-state index contributed by atoms with van der Waals surface area (Å²) < 4.78 is 2.05. The maximum atomic E-state index is 5.61. The monoisotopic (exact) mass is 161 g/mol. The molecule has 0 saturated carbocycles. The molecule has 0 amide bonds. The second-order valence-corrected chi connectivity index (χ2v) is 3.03. The lowest BCUT2D eigenvalue weighted by Crippen LogP contribution is -1.92. The van der Waals surface area contributed by atoms with E-state index in [1.54, 1.807) is 6.20 Å². The summed E-state index contributed by atoms with van der Waals surface area (Å²) in [6, 6.07) is 4.02. The third kappa shape index (κ3) is 0.863. The van der Waals surface area contributed by atoms with Gasteiger partial charge in [0.1, 0.15) is 5.65 Å². The second-order valence-electron chi connectivity index (χ2n) is 3.03. The van der Waals surface area contributed by atoms with E-state index in [-0.39, 0.29) is 0 Å². The Balaban J connectivity index is 2.87. The number of aryl methyl sites for hydroxylation is 2. The molecule has 0 unspecified atom stereocenters. The number of nitrogens with zero attached hydrogens (tertiary/aromatic N) is 2. The fourth-order valence-corrected chi connectivity index (χ4v) is 1.37. The average Bonchev–Trinajstić information content (AvgIpc) is 2.28. The summed E-state index contributed by atoms with van der Waals surface area (Å²) >= 11 is 0. The lowest BCUT2D eigenvalue weighted by atomic mass is 10.3. The van der Waals surface area contributed by atoms with Gasteiger partial charge >= 0.3 is 0 Å². The number of pyridine rings is 1. The minimum atomic E-state index is 0.716. The quantitative estimate of drug-likeness (QED) is 0.635. The second kappa shape index (κ2) is 2.24. The highest BCUT2D eigenvalue weighted by Crippen LogP contribution is 2.17. The number of rotatable bonds is 0. The molecule has 3 heteroatoms. The number of hydrogen-bond donors (Lipinski definition) is 1. The van der Waals surface area contributed by atoms with Gasteiger partial charge in [0.2, 0.25) is 0 Å². The van der Waals surface area contributed by atoms with Crippen LogP contribution < -0.4 is 5.73 Å². The highest BCUT2D eigenvalue weighted by molar-refractivity contribution is 5.80. The molecule has 0 aliphatic heterocycles. The molecule has 0 spiro atoms. The van der Waals surface area contributed by atoms with Crippen molar-refractivity contribution < 1.29 is 0 Å². The van der Waals surface area contributed by atoms with Crippen molar-refractivity contribution in [3.05, 3.63) is 24.0 Å². The zero-order valence-corrected chi connectivity index (χ0v) is 7.20. The van der Waals surface area contributed by atoms with Crippen LogP contribution in [0.25, 0.3) is 11.0 Å². The van der Waals surface area contributed by atoms with Gasteiger partial charge in [-0.2, -0.15) is 0 Å². The van der Waals surface area contributed by atoms with Gasteiger partial charge in [-0.05, 0) is 19.1 Å². The first kappa shape index (κ1) is 7.16. The molecule has 2 aromatic heterocycles. The van der Waals surface area contributed by atoms with E-state index in [0.29, 0.717) is 5.69 Å². The molecule has 2 heterocycles. The predicted molar refractivity (Wildman–Crippen MR) is 49.9 cm³/mol. The molecular formula is C9H11N3. The van der Waals surface area contributed by atoms with Crippen molar-refractivity contribution >= 4 is 16.7 Å². The Labute approximate surface area is 70.8 Å². The van der Waals surface area contributed by atoms with E-state index in [1.165, 1.54) is 5.69 Å². The van der Waals surface area contributed by atoms with Crippen LogP contribution in [0.3, 0.4) is 0 Å². The number of anilines is 1. The highest BCUT2D eigenvalue weighted by atomic mass is 15.0. The minimum absolute atomic E-state index is 0.716. The van der Waals surface area contributed by atoms with E-state index in [1.807, 2.05) is 13.1 Å². The van der Waals surface area contributed by atoms with Crippen LogP contribution in [0.4, 0.5) is 5.69 Å². The fraction of sp³-hybridized carbons (Fsp3) is 0.222. The summed E-state index contributed by atoms with van der Waals surface area (Å²) in [6.07, 6.45) is 1.68. The summed E-state index contributed by atoms with van der Waals surface area (Å²) in [5, 5.41) is 1.11. The Bertz CT molecular complexity index is 429. The van der Waals surface area contributed by atoms with Crippen LogP contribution in [-0.4, -0.2) is 9.55 Å². The summed E-state index contributed by atoms with van der Waals surface area (Å²) in [6.45, 7) is 2.05. The van der Waals surface area contributed by atoms with Crippen molar-refractivity contribution in [1.29, 1.82) is 0 Å². The molecule has 0 radical (unpaired) electrons. The smallest absolute Gasteiger partial charge is 0.139 e. The van der Waals surface area contributed by atoms with E-state index in [9.17, 15) is 0 Å². The lowest BCUT2D eigenvalue weighted by Gasteiger charge is -1.97. The standard InChI is InChI=1S/C9H11N3/c1-6-3-7-4-8(10)5-11-9(7)12(6)2/h3-5H,10H2,1-2H3. The van der Waals surface area contributed by atoms with Crippen molar-refractivity contribution in [2.75, 3.05) is 5.73 Å². The Morgan fingerprint density at radius 1 is 1.42 bits per heavy atom. The first-order valence-corrected chi connectivity index (χ1v) is 3.86. The minimum Gasteiger partial charge on any atom is -0.397 e. The predicted octanol–water partition coefficient (Wildman–Crippen LogP) is 1.46. The lowest BCUT2D eigenvalue weighted by molar-refractivity contribution is 0.902. The summed E-state index contributed by atoms with van der Waals surface area (Å²) in [5.41, 5.74) is 8.51. The molecule has 2 aromatic rings. The number of nitrogens with two attached hydrogens (primary N) is 1. The van der Waals surface area contributed by atoms with Gasteiger partial charge < -0.3 is 10.3 Å². The number of hydrogen-bond acceptors (Lipinski definition) is 2. The summed E-state index contributed by atoms with van der Waals surface area (Å²) in [5.74, 6) is 0. The van der Waals surface area contributed by atoms with Gasteiger partial charge in [-0.25, -0.2) is 4.98 Å². The zero-order valence-electron chi connectivity index (χ0n) is 7.20. The maximum Gasteiger partial charge on any atom is 0.139 e. The van der Waals surface area contributed by atoms with Gasteiger partial charge in [-0.1, -0.05) is 0 Å². The van der Waals surface area contributed by atoms with E-state index in [4.69, 9.17) is 5.73 Å². The van der Waals surface area contributed by atoms with Crippen LogP contribution in [0.15, 0.2) is 18.3 Å². The van der Waals surface area contributed by atoms with Crippen LogP contribution in [0.5, 0.6) is 0 Å². The number of nitrogen functional groups attached to an aromatic ring is 1. The van der Waals surface area contributed by atoms with Crippen LogP contribution in [0.2, 0.25) is 0 Å². The Morgan fingerprint density at radius 3 is 2.92 bits per heavy atom. The normalized spacial score (nSPS) is 10.8. The van der Waals surface area contributed by atoms with Crippen molar-refractivity contribution in [2.45, 2.75) is 6.92 Å². The van der Waals surface area contributed by atoms with Crippen molar-refractivity contribution in [3.63, 3.8) is 0 Å². The van der Waals surface area contributed by atoms with E-state index >= 15 is 0 Å². The highest BCUT2D eigenvalue weighted by Gasteiger charge is 2.02. The van der Waals surface area contributed by atoms with Crippen molar-refractivity contribution in [1.82, 2.24) is 9.55 Å². The molecule has 2 rings (SSSR count). The summed E-state index contributed by atoms with van der Waals surface area (Å²) in [4.78, 5) is 4.24. The molecular weight excluding hydrogens is 150 g/mol. The fourth-order valence-electron chi connectivity index (χ4n) is 1.37. The van der Waals surface area contributed by atoms with Gasteiger partial charge in [0, 0.05) is 18.1 Å². The van der Waals surface area contributed by atoms with E-state index in [0.717, 1.165) is 11.0 Å². The molecule has 0 saturated heterocycles. The first-order chi connectivity index (χ1) is 5.68. The maximum absolute atomic E-state index is 5.61. The van der Waals surface area contributed by atoms with Crippen molar-refractivity contribution in [2.24, 2.45) is 7.05 Å². The molecule has 2 N–H and O–H groups in total. The van der Waals surface area contributed by atoms with Gasteiger partial charge in [-0.15, -0.1) is 0 Å². The molecule has 0 aliphatic carbocycles. The van der Waals surface area contributed by atoms with Gasteiger partial charge in [0.05, 0.1) is 11.9 Å². The van der Waals surface area contributed by atoms with Gasteiger partial charge in [-0.3, -0.25) is 0 Å². The van der Waals surface area contributed by atoms with Gasteiger partial charge in [0.25, 0.3) is 0 Å². The SMILES string of the molecule is Cc1cc2cc(N)cnc2n1C. The van der Waals surface area contributed by atoms with Crippen LogP contribution in [-0.2, 0) is 7.05 Å². The first-order valence-electron chi connectivity index (χ1n) is 3.86. The molecule has 0 fully saturated rings. The van der Waals surface area contributed by atoms with Crippen LogP contribution in [0, 0.1) is 6.92 Å².